The van der Waals surface area contributed by atoms with Gasteiger partial charge in [-0.05, 0) is 178 Å². The Morgan fingerprint density at radius 1 is 0.405 bits per heavy atom. The quantitative estimate of drug-likeness (QED) is 0.147. The molecular formula is C67H45F3N4. The topological polar surface area (TPSA) is 38.0 Å². The molecule has 354 valence electrons. The Labute approximate surface area is 426 Å². The highest BCUT2D eigenvalue weighted by Crippen LogP contribution is 2.48. The van der Waals surface area contributed by atoms with Gasteiger partial charge in [0.15, 0.2) is 5.69 Å². The van der Waals surface area contributed by atoms with Crippen molar-refractivity contribution in [3.63, 3.8) is 0 Å². The van der Waals surface area contributed by atoms with E-state index in [-0.39, 0.29) is 22.4 Å². The summed E-state index contributed by atoms with van der Waals surface area (Å²) in [7, 11) is 0. The third-order valence-corrected chi connectivity index (χ3v) is 14.8. The lowest BCUT2D eigenvalue weighted by Crippen LogP contribution is -2.09. The highest BCUT2D eigenvalue weighted by molar-refractivity contribution is 6.14. The van der Waals surface area contributed by atoms with Gasteiger partial charge in [-0.1, -0.05) is 127 Å². The smallest absolute Gasteiger partial charge is 0.308 e. The van der Waals surface area contributed by atoms with Gasteiger partial charge in [-0.3, -0.25) is 0 Å². The summed E-state index contributed by atoms with van der Waals surface area (Å²) in [6.45, 7) is 17.1. The van der Waals surface area contributed by atoms with Crippen LogP contribution in [-0.2, 0) is 6.18 Å². The summed E-state index contributed by atoms with van der Waals surface area (Å²) >= 11 is 0. The van der Waals surface area contributed by atoms with Crippen molar-refractivity contribution in [2.24, 2.45) is 0 Å². The van der Waals surface area contributed by atoms with Gasteiger partial charge in [0, 0.05) is 21.5 Å². The van der Waals surface area contributed by atoms with E-state index in [0.717, 1.165) is 116 Å². The Morgan fingerprint density at radius 2 is 0.757 bits per heavy atom. The maximum absolute atomic E-state index is 15.3. The summed E-state index contributed by atoms with van der Waals surface area (Å²) in [5.74, 6) is 0. The first-order valence-corrected chi connectivity index (χ1v) is 24.5. The van der Waals surface area contributed by atoms with E-state index in [1.807, 2.05) is 54.6 Å². The molecule has 0 radical (unpaired) electrons. The lowest BCUT2D eigenvalue weighted by Gasteiger charge is -2.21. The fourth-order valence-corrected chi connectivity index (χ4v) is 11.1. The first-order valence-electron chi connectivity index (χ1n) is 24.5. The molecule has 12 aromatic rings. The lowest BCUT2D eigenvalue weighted by atomic mass is 9.94. The molecule has 0 bridgehead atoms. The van der Waals surface area contributed by atoms with Gasteiger partial charge in [0.05, 0.1) is 57.2 Å². The van der Waals surface area contributed by atoms with Crippen LogP contribution in [0.1, 0.15) is 33.4 Å². The van der Waals surface area contributed by atoms with Crippen LogP contribution in [0, 0.1) is 45.6 Å². The van der Waals surface area contributed by atoms with Gasteiger partial charge in [0.2, 0.25) is 0 Å². The Bertz CT molecular complexity index is 4180. The molecule has 0 aliphatic heterocycles. The van der Waals surface area contributed by atoms with Crippen LogP contribution in [0.15, 0.2) is 200 Å². The summed E-state index contributed by atoms with van der Waals surface area (Å²) in [6, 6.07) is 68.0. The van der Waals surface area contributed by atoms with E-state index in [4.69, 9.17) is 6.57 Å². The van der Waals surface area contributed by atoms with Crippen LogP contribution >= 0.6 is 0 Å². The van der Waals surface area contributed by atoms with Crippen LogP contribution in [-0.4, -0.2) is 9.13 Å². The molecule has 7 heteroatoms. The molecule has 2 aromatic heterocycles. The number of nitrogens with zero attached hydrogens (tertiary/aromatic N) is 4. The summed E-state index contributed by atoms with van der Waals surface area (Å²) in [4.78, 5) is 4.02. The van der Waals surface area contributed by atoms with Gasteiger partial charge in [0.25, 0.3) is 0 Å². The van der Waals surface area contributed by atoms with Crippen molar-refractivity contribution in [1.29, 1.82) is 5.26 Å². The van der Waals surface area contributed by atoms with E-state index in [1.54, 1.807) is 12.1 Å². The van der Waals surface area contributed by atoms with Crippen molar-refractivity contribution < 1.29 is 13.2 Å². The molecule has 0 atom stereocenters. The predicted molar refractivity (Wildman–Crippen MR) is 297 cm³/mol. The van der Waals surface area contributed by atoms with Gasteiger partial charge < -0.3 is 9.13 Å². The number of alkyl halides is 3. The van der Waals surface area contributed by atoms with Crippen molar-refractivity contribution in [2.75, 3.05) is 0 Å². The highest BCUT2D eigenvalue weighted by Gasteiger charge is 2.35. The molecule has 4 nitrogen and oxygen atoms in total. The van der Waals surface area contributed by atoms with E-state index in [9.17, 15) is 5.26 Å². The van der Waals surface area contributed by atoms with Gasteiger partial charge in [-0.25, -0.2) is 4.85 Å². The number of hydrogen-bond acceptors (Lipinski definition) is 1. The number of nitriles is 1. The second-order valence-corrected chi connectivity index (χ2v) is 19.2. The molecule has 0 amide bonds. The molecular weight excluding hydrogens is 918 g/mol. The molecule has 2 heterocycles. The maximum Gasteiger partial charge on any atom is 0.417 e. The van der Waals surface area contributed by atoms with Crippen molar-refractivity contribution >= 4 is 49.3 Å². The number of halogens is 3. The third kappa shape index (κ3) is 7.52. The van der Waals surface area contributed by atoms with Crippen molar-refractivity contribution in [2.45, 2.75) is 33.9 Å². The second kappa shape index (κ2) is 17.7. The van der Waals surface area contributed by atoms with Gasteiger partial charge >= 0.3 is 6.18 Å². The van der Waals surface area contributed by atoms with Crippen molar-refractivity contribution in [3.05, 3.63) is 245 Å². The number of fused-ring (bicyclic) bond motifs is 6. The Balaban J connectivity index is 1.24. The number of aryl methyl sites for hydroxylation is 4. The van der Waals surface area contributed by atoms with E-state index in [0.29, 0.717) is 11.4 Å². The SMILES string of the molecule is [C-]#[N+]c1cc(-n2c3ccc(-c4ccccc4C)cc3c3cc(-c4ccccc4C)ccc32)c(-n2c3ccc(-c4ccccc4C)cc3c3cc(-c4ccccc4C)ccc32)cc1-c1ccc(C#N)cc1C(F)(F)F. The molecule has 0 aliphatic rings. The third-order valence-electron chi connectivity index (χ3n) is 14.8. The van der Waals surface area contributed by atoms with E-state index < -0.39 is 11.7 Å². The molecule has 0 aliphatic carbocycles. The lowest BCUT2D eigenvalue weighted by molar-refractivity contribution is -0.137. The zero-order chi connectivity index (χ0) is 51.0. The fraction of sp³-hybridized carbons (Fsp3) is 0.0746. The Kier molecular flexibility index (Phi) is 10.9. The molecule has 10 aromatic carbocycles. The summed E-state index contributed by atoms with van der Waals surface area (Å²) in [5, 5.41) is 13.7. The summed E-state index contributed by atoms with van der Waals surface area (Å²) < 4.78 is 50.2. The van der Waals surface area contributed by atoms with Crippen molar-refractivity contribution in [3.8, 4) is 73.1 Å². The monoisotopic (exact) mass is 962 g/mol. The first-order chi connectivity index (χ1) is 35.9. The maximum atomic E-state index is 15.3. The fourth-order valence-electron chi connectivity index (χ4n) is 11.1. The van der Waals surface area contributed by atoms with Gasteiger partial charge in [-0.15, -0.1) is 0 Å². The molecule has 0 spiro atoms. The highest BCUT2D eigenvalue weighted by atomic mass is 19.4. The van der Waals surface area contributed by atoms with Gasteiger partial charge in [-0.2, -0.15) is 18.4 Å². The van der Waals surface area contributed by atoms with E-state index >= 15 is 13.2 Å². The predicted octanol–water partition coefficient (Wildman–Crippen LogP) is 18.9. The average Bonchev–Trinajstić information content (AvgIpc) is 3.92. The zero-order valence-corrected chi connectivity index (χ0v) is 41.0. The average molecular weight is 963 g/mol. The van der Waals surface area contributed by atoms with Crippen LogP contribution < -0.4 is 0 Å². The minimum absolute atomic E-state index is 0.0338. The summed E-state index contributed by atoms with van der Waals surface area (Å²) in [5.41, 5.74) is 16.5. The molecule has 12 rings (SSSR count). The number of rotatable bonds is 7. The molecule has 0 unspecified atom stereocenters. The number of hydrogen-bond donors (Lipinski definition) is 0. The van der Waals surface area contributed by atoms with E-state index in [1.165, 1.54) is 12.1 Å². The normalized spacial score (nSPS) is 11.7. The molecule has 0 saturated carbocycles. The van der Waals surface area contributed by atoms with Crippen molar-refractivity contribution in [1.82, 2.24) is 9.13 Å². The first kappa shape index (κ1) is 45.7. The van der Waals surface area contributed by atoms with Crippen LogP contribution in [0.5, 0.6) is 0 Å². The second-order valence-electron chi connectivity index (χ2n) is 19.2. The van der Waals surface area contributed by atoms with Crippen LogP contribution in [0.4, 0.5) is 18.9 Å². The standard InChI is InChI=1S/C67H45F3N4/c1-40-14-6-10-18-49(40)45-23-28-61-55(33-45)56-34-46(50-19-11-7-15-41(50)2)24-29-62(56)73(61)65-37-54(53-27-22-44(39-71)32-59(53)67(68,69)70)60(72-5)38-66(65)74-63-30-25-47(51-20-12-8-16-42(51)3)35-57(63)58-36-48(26-31-64(58)74)52-21-13-9-17-43(52)4/h6-38H,1-4H3. The number of aromatic nitrogens is 2. The van der Waals surface area contributed by atoms with Crippen LogP contribution in [0.25, 0.3) is 115 Å². The van der Waals surface area contributed by atoms with E-state index in [2.05, 4.69) is 163 Å². The van der Waals surface area contributed by atoms with Crippen LogP contribution in [0.2, 0.25) is 0 Å². The Morgan fingerprint density at radius 3 is 1.08 bits per heavy atom. The molecule has 0 N–H and O–H groups in total. The zero-order valence-electron chi connectivity index (χ0n) is 41.0. The Hall–Kier alpha value is -9.43. The van der Waals surface area contributed by atoms with Gasteiger partial charge in [0.1, 0.15) is 0 Å². The molecule has 74 heavy (non-hydrogen) atoms. The summed E-state index contributed by atoms with van der Waals surface area (Å²) in [6.07, 6.45) is -4.83. The molecule has 0 saturated heterocycles. The molecule has 0 fully saturated rings. The number of benzene rings is 10. The minimum Gasteiger partial charge on any atom is -0.308 e. The minimum atomic E-state index is -4.83. The van der Waals surface area contributed by atoms with Crippen LogP contribution in [0.3, 0.4) is 0 Å². The largest absolute Gasteiger partial charge is 0.417 e.